The predicted molar refractivity (Wildman–Crippen MR) is 52.2 cm³/mol. The van der Waals surface area contributed by atoms with Crippen LogP contribution in [0.5, 0.6) is 0 Å². The molecule has 0 heterocycles. The normalized spacial score (nSPS) is 10.1. The van der Waals surface area contributed by atoms with Gasteiger partial charge in [-0.3, -0.25) is 9.59 Å². The number of ketones is 1. The Hall–Kier alpha value is -0.900. The molecule has 14 heavy (non-hydrogen) atoms. The summed E-state index contributed by atoms with van der Waals surface area (Å²) in [5, 5.41) is 8.31. The standard InChI is InChI=1S/C10H18O4/c1-2-6-14-7-4-3-5-9(11)8-10(12)13/h2-8H2,1H3,(H,12,13). The van der Waals surface area contributed by atoms with Gasteiger partial charge in [-0.25, -0.2) is 0 Å². The summed E-state index contributed by atoms with van der Waals surface area (Å²) in [6, 6.07) is 0. The van der Waals surface area contributed by atoms with Crippen LogP contribution in [0.4, 0.5) is 0 Å². The number of unbranched alkanes of at least 4 members (excludes halogenated alkanes) is 1. The van der Waals surface area contributed by atoms with Crippen LogP contribution in [0.1, 0.15) is 39.0 Å². The first-order valence-corrected chi connectivity index (χ1v) is 4.98. The number of rotatable bonds is 9. The van der Waals surface area contributed by atoms with Crippen molar-refractivity contribution in [3.63, 3.8) is 0 Å². The Balaban J connectivity index is 3.19. The van der Waals surface area contributed by atoms with Crippen molar-refractivity contribution < 1.29 is 19.4 Å². The van der Waals surface area contributed by atoms with Crippen molar-refractivity contribution in [2.75, 3.05) is 13.2 Å². The number of aliphatic carboxylic acids is 1. The third-order valence-electron chi connectivity index (χ3n) is 1.69. The van der Waals surface area contributed by atoms with Gasteiger partial charge in [0.1, 0.15) is 12.2 Å². The molecule has 0 aliphatic rings. The summed E-state index contributed by atoms with van der Waals surface area (Å²) in [7, 11) is 0. The number of carbonyl (C=O) groups excluding carboxylic acids is 1. The zero-order chi connectivity index (χ0) is 10.8. The molecule has 0 radical (unpaired) electrons. The second-order valence-electron chi connectivity index (χ2n) is 3.18. The molecule has 0 aromatic heterocycles. The minimum atomic E-state index is -1.04. The van der Waals surface area contributed by atoms with Crippen LogP contribution in [0.25, 0.3) is 0 Å². The third kappa shape index (κ3) is 9.19. The summed E-state index contributed by atoms with van der Waals surface area (Å²) in [5.41, 5.74) is 0. The second-order valence-corrected chi connectivity index (χ2v) is 3.18. The van der Waals surface area contributed by atoms with Gasteiger partial charge in [-0.05, 0) is 19.3 Å². The van der Waals surface area contributed by atoms with Gasteiger partial charge < -0.3 is 9.84 Å². The number of carbonyl (C=O) groups is 2. The molecule has 0 aromatic rings. The Labute approximate surface area is 84.3 Å². The number of Topliss-reactive ketones (excluding diaryl/α,β-unsaturated/α-hetero) is 1. The van der Waals surface area contributed by atoms with Gasteiger partial charge in [-0.15, -0.1) is 0 Å². The van der Waals surface area contributed by atoms with Crippen LogP contribution in [0.3, 0.4) is 0 Å². The van der Waals surface area contributed by atoms with Gasteiger partial charge in [0.15, 0.2) is 0 Å². The fourth-order valence-corrected chi connectivity index (χ4v) is 1.03. The van der Waals surface area contributed by atoms with Gasteiger partial charge in [-0.1, -0.05) is 6.92 Å². The summed E-state index contributed by atoms with van der Waals surface area (Å²) in [6.45, 7) is 3.45. The van der Waals surface area contributed by atoms with E-state index in [4.69, 9.17) is 9.84 Å². The van der Waals surface area contributed by atoms with Gasteiger partial charge >= 0.3 is 5.97 Å². The first-order valence-electron chi connectivity index (χ1n) is 4.98. The monoisotopic (exact) mass is 202 g/mol. The highest BCUT2D eigenvalue weighted by atomic mass is 16.5. The summed E-state index contributed by atoms with van der Waals surface area (Å²) in [6.07, 6.45) is 2.54. The zero-order valence-corrected chi connectivity index (χ0v) is 8.62. The van der Waals surface area contributed by atoms with E-state index in [2.05, 4.69) is 0 Å². The van der Waals surface area contributed by atoms with Crippen molar-refractivity contribution in [3.05, 3.63) is 0 Å². The Morgan fingerprint density at radius 2 is 1.93 bits per heavy atom. The first kappa shape index (κ1) is 13.1. The lowest BCUT2D eigenvalue weighted by atomic mass is 10.1. The first-order chi connectivity index (χ1) is 6.66. The zero-order valence-electron chi connectivity index (χ0n) is 8.62. The van der Waals surface area contributed by atoms with E-state index in [1.165, 1.54) is 0 Å². The minimum absolute atomic E-state index is 0.201. The van der Waals surface area contributed by atoms with Crippen LogP contribution in [0, 0.1) is 0 Å². The summed E-state index contributed by atoms with van der Waals surface area (Å²) >= 11 is 0. The Morgan fingerprint density at radius 1 is 1.21 bits per heavy atom. The molecule has 0 aromatic carbocycles. The van der Waals surface area contributed by atoms with Crippen LogP contribution in [-0.2, 0) is 14.3 Å². The Morgan fingerprint density at radius 3 is 2.50 bits per heavy atom. The van der Waals surface area contributed by atoms with E-state index in [1.807, 2.05) is 6.92 Å². The van der Waals surface area contributed by atoms with Crippen LogP contribution >= 0.6 is 0 Å². The van der Waals surface area contributed by atoms with Gasteiger partial charge in [0, 0.05) is 19.6 Å². The molecular formula is C10H18O4. The SMILES string of the molecule is CCCOCCCCC(=O)CC(=O)O. The molecular weight excluding hydrogens is 184 g/mol. The van der Waals surface area contributed by atoms with E-state index >= 15 is 0 Å². The molecule has 4 nitrogen and oxygen atoms in total. The maximum atomic E-state index is 10.9. The summed E-state index contributed by atoms with van der Waals surface area (Å²) in [5.74, 6) is -1.25. The molecule has 0 saturated carbocycles. The lowest BCUT2D eigenvalue weighted by Crippen LogP contribution is -2.06. The van der Waals surface area contributed by atoms with Crippen molar-refractivity contribution >= 4 is 11.8 Å². The minimum Gasteiger partial charge on any atom is -0.481 e. The quantitative estimate of drug-likeness (QED) is 0.456. The number of carboxylic acids is 1. The van der Waals surface area contributed by atoms with E-state index in [-0.39, 0.29) is 12.2 Å². The topological polar surface area (TPSA) is 63.6 Å². The molecule has 0 unspecified atom stereocenters. The number of ether oxygens (including phenoxy) is 1. The molecule has 0 aliphatic heterocycles. The average Bonchev–Trinajstić information content (AvgIpc) is 2.10. The van der Waals surface area contributed by atoms with Crippen LogP contribution in [0.15, 0.2) is 0 Å². The average molecular weight is 202 g/mol. The van der Waals surface area contributed by atoms with Gasteiger partial charge in [0.05, 0.1) is 0 Å². The van der Waals surface area contributed by atoms with E-state index in [0.29, 0.717) is 13.0 Å². The van der Waals surface area contributed by atoms with E-state index in [1.54, 1.807) is 0 Å². The van der Waals surface area contributed by atoms with Crippen molar-refractivity contribution in [3.8, 4) is 0 Å². The fourth-order valence-electron chi connectivity index (χ4n) is 1.03. The molecule has 0 atom stereocenters. The highest BCUT2D eigenvalue weighted by molar-refractivity contribution is 5.94. The molecule has 0 amide bonds. The van der Waals surface area contributed by atoms with Crippen LogP contribution < -0.4 is 0 Å². The van der Waals surface area contributed by atoms with Crippen molar-refractivity contribution in [2.45, 2.75) is 39.0 Å². The molecule has 0 saturated heterocycles. The van der Waals surface area contributed by atoms with Gasteiger partial charge in [0.25, 0.3) is 0 Å². The molecule has 0 aliphatic carbocycles. The molecule has 4 heteroatoms. The van der Waals surface area contributed by atoms with Crippen LogP contribution in [0.2, 0.25) is 0 Å². The van der Waals surface area contributed by atoms with Crippen molar-refractivity contribution in [1.82, 2.24) is 0 Å². The second kappa shape index (κ2) is 8.69. The molecule has 0 bridgehead atoms. The van der Waals surface area contributed by atoms with Crippen LogP contribution in [-0.4, -0.2) is 30.1 Å². The van der Waals surface area contributed by atoms with Gasteiger partial charge in [0.2, 0.25) is 0 Å². The number of hydrogen-bond donors (Lipinski definition) is 1. The van der Waals surface area contributed by atoms with E-state index in [0.717, 1.165) is 25.9 Å². The summed E-state index contributed by atoms with van der Waals surface area (Å²) < 4.78 is 5.22. The summed E-state index contributed by atoms with van der Waals surface area (Å²) in [4.78, 5) is 21.1. The third-order valence-corrected chi connectivity index (χ3v) is 1.69. The van der Waals surface area contributed by atoms with E-state index in [9.17, 15) is 9.59 Å². The molecule has 82 valence electrons. The Bertz CT molecular complexity index is 177. The number of carboxylic acid groups (broad SMARTS) is 1. The highest BCUT2D eigenvalue weighted by Crippen LogP contribution is 2.00. The fraction of sp³-hybridized carbons (Fsp3) is 0.800. The molecule has 0 rings (SSSR count). The molecule has 0 spiro atoms. The Kier molecular flexibility index (Phi) is 8.13. The molecule has 0 fully saturated rings. The lowest BCUT2D eigenvalue weighted by Gasteiger charge is -2.01. The van der Waals surface area contributed by atoms with Gasteiger partial charge in [-0.2, -0.15) is 0 Å². The van der Waals surface area contributed by atoms with E-state index < -0.39 is 5.97 Å². The maximum Gasteiger partial charge on any atom is 0.310 e. The van der Waals surface area contributed by atoms with Crippen molar-refractivity contribution in [1.29, 1.82) is 0 Å². The molecule has 1 N–H and O–H groups in total. The highest BCUT2D eigenvalue weighted by Gasteiger charge is 2.06. The smallest absolute Gasteiger partial charge is 0.310 e. The van der Waals surface area contributed by atoms with Crippen molar-refractivity contribution in [2.24, 2.45) is 0 Å². The lowest BCUT2D eigenvalue weighted by molar-refractivity contribution is -0.140. The largest absolute Gasteiger partial charge is 0.481 e. The predicted octanol–water partition coefficient (Wildman–Crippen LogP) is 1.63. The number of hydrogen-bond acceptors (Lipinski definition) is 3. The maximum absolute atomic E-state index is 10.9.